The van der Waals surface area contributed by atoms with Crippen molar-refractivity contribution in [1.82, 2.24) is 10.6 Å². The molecule has 0 aliphatic rings. The lowest BCUT2D eigenvalue weighted by atomic mass is 10.1. The molecular weight excluding hydrogens is 372 g/mol. The fraction of sp³-hybridized carbons (Fsp3) is 0.269. The Morgan fingerprint density at radius 1 is 0.800 bits per heavy atom. The van der Waals surface area contributed by atoms with Crippen molar-refractivity contribution in [1.29, 1.82) is 0 Å². The summed E-state index contributed by atoms with van der Waals surface area (Å²) in [6.07, 6.45) is 3.07. The van der Waals surface area contributed by atoms with Gasteiger partial charge < -0.3 is 15.4 Å². The summed E-state index contributed by atoms with van der Waals surface area (Å²) in [6.45, 7) is 1.99. The molecule has 4 nitrogen and oxygen atoms in total. The number of ether oxygens (including phenoxy) is 1. The summed E-state index contributed by atoms with van der Waals surface area (Å²) < 4.78 is 5.40. The average Bonchev–Trinajstić information content (AvgIpc) is 2.80. The van der Waals surface area contributed by atoms with Crippen LogP contribution in [0, 0.1) is 0 Å². The van der Waals surface area contributed by atoms with E-state index in [1.165, 1.54) is 5.56 Å². The zero-order valence-electron chi connectivity index (χ0n) is 17.6. The van der Waals surface area contributed by atoms with E-state index in [1.807, 2.05) is 54.6 Å². The number of nitrogens with one attached hydrogen (secondary N) is 2. The van der Waals surface area contributed by atoms with Crippen molar-refractivity contribution in [3.8, 4) is 5.75 Å². The highest BCUT2D eigenvalue weighted by molar-refractivity contribution is 5.95. The van der Waals surface area contributed by atoms with E-state index in [9.17, 15) is 4.79 Å². The van der Waals surface area contributed by atoms with Crippen LogP contribution in [0.15, 0.2) is 78.9 Å². The van der Waals surface area contributed by atoms with Crippen LogP contribution in [0.25, 0.3) is 0 Å². The normalized spacial score (nSPS) is 10.6. The smallest absolute Gasteiger partial charge is 0.251 e. The van der Waals surface area contributed by atoms with Gasteiger partial charge in [0.25, 0.3) is 5.91 Å². The summed E-state index contributed by atoms with van der Waals surface area (Å²) in [5, 5.41) is 6.49. The van der Waals surface area contributed by atoms with Crippen LogP contribution in [0.5, 0.6) is 5.75 Å². The second-order valence-corrected chi connectivity index (χ2v) is 7.27. The fourth-order valence-electron chi connectivity index (χ4n) is 3.47. The van der Waals surface area contributed by atoms with Crippen molar-refractivity contribution >= 4 is 5.91 Å². The molecule has 2 N–H and O–H groups in total. The second-order valence-electron chi connectivity index (χ2n) is 7.27. The van der Waals surface area contributed by atoms with Crippen LogP contribution in [0.4, 0.5) is 0 Å². The molecular formula is C26H30N2O2. The van der Waals surface area contributed by atoms with Gasteiger partial charge in [-0.15, -0.1) is 0 Å². The first-order valence-electron chi connectivity index (χ1n) is 10.5. The van der Waals surface area contributed by atoms with Crippen molar-refractivity contribution in [3.05, 3.63) is 101 Å². The number of methoxy groups -OCH3 is 1. The van der Waals surface area contributed by atoms with Crippen LogP contribution in [-0.2, 0) is 19.5 Å². The van der Waals surface area contributed by atoms with Gasteiger partial charge in [0.05, 0.1) is 7.11 Å². The van der Waals surface area contributed by atoms with Gasteiger partial charge in [-0.2, -0.15) is 0 Å². The van der Waals surface area contributed by atoms with E-state index in [0.717, 1.165) is 41.7 Å². The molecule has 0 aromatic heterocycles. The van der Waals surface area contributed by atoms with Crippen LogP contribution >= 0.6 is 0 Å². The monoisotopic (exact) mass is 402 g/mol. The van der Waals surface area contributed by atoms with Crippen molar-refractivity contribution in [3.63, 3.8) is 0 Å². The largest absolute Gasteiger partial charge is 0.496 e. The molecule has 0 aliphatic heterocycles. The molecule has 0 bridgehead atoms. The number of para-hydroxylation sites is 1. The van der Waals surface area contributed by atoms with E-state index >= 15 is 0 Å². The summed E-state index contributed by atoms with van der Waals surface area (Å²) in [5.74, 6) is 0.857. The lowest BCUT2D eigenvalue weighted by molar-refractivity contribution is 0.0952. The number of hydrogen-bond donors (Lipinski definition) is 2. The Bertz CT molecular complexity index is 925. The first-order valence-corrected chi connectivity index (χ1v) is 10.5. The van der Waals surface area contributed by atoms with Gasteiger partial charge >= 0.3 is 0 Å². The van der Waals surface area contributed by atoms with Gasteiger partial charge in [-0.05, 0) is 42.5 Å². The molecule has 0 atom stereocenters. The molecule has 0 saturated heterocycles. The molecule has 0 spiro atoms. The highest BCUT2D eigenvalue weighted by Crippen LogP contribution is 2.17. The molecule has 0 saturated carbocycles. The van der Waals surface area contributed by atoms with Crippen LogP contribution < -0.4 is 15.4 Å². The highest BCUT2D eigenvalue weighted by atomic mass is 16.5. The van der Waals surface area contributed by atoms with Gasteiger partial charge in [0.1, 0.15) is 5.75 Å². The van der Waals surface area contributed by atoms with E-state index in [4.69, 9.17) is 4.74 Å². The van der Waals surface area contributed by atoms with Gasteiger partial charge in [0.15, 0.2) is 0 Å². The molecule has 0 heterocycles. The number of aryl methyl sites for hydroxylation is 1. The van der Waals surface area contributed by atoms with Gasteiger partial charge in [-0.1, -0.05) is 66.7 Å². The molecule has 0 radical (unpaired) electrons. The Kier molecular flexibility index (Phi) is 8.48. The minimum absolute atomic E-state index is 0.00981. The summed E-state index contributed by atoms with van der Waals surface area (Å²) in [5.41, 5.74) is 4.16. The fourth-order valence-corrected chi connectivity index (χ4v) is 3.47. The van der Waals surface area contributed by atoms with Crippen molar-refractivity contribution < 1.29 is 9.53 Å². The van der Waals surface area contributed by atoms with Crippen LogP contribution in [0.1, 0.15) is 39.9 Å². The molecule has 0 aliphatic carbocycles. The third kappa shape index (κ3) is 6.46. The third-order valence-electron chi connectivity index (χ3n) is 5.11. The Morgan fingerprint density at radius 2 is 1.47 bits per heavy atom. The summed E-state index contributed by atoms with van der Waals surface area (Å²) in [6, 6.07) is 26.2. The maximum Gasteiger partial charge on any atom is 0.251 e. The van der Waals surface area contributed by atoms with E-state index in [-0.39, 0.29) is 5.91 Å². The molecule has 0 fully saturated rings. The molecule has 1 amide bonds. The minimum atomic E-state index is -0.00981. The van der Waals surface area contributed by atoms with Crippen molar-refractivity contribution in [2.24, 2.45) is 0 Å². The number of hydrogen-bond acceptors (Lipinski definition) is 3. The van der Waals surface area contributed by atoms with Gasteiger partial charge in [0.2, 0.25) is 0 Å². The topological polar surface area (TPSA) is 50.4 Å². The van der Waals surface area contributed by atoms with E-state index in [0.29, 0.717) is 19.6 Å². The van der Waals surface area contributed by atoms with Crippen molar-refractivity contribution in [2.75, 3.05) is 13.7 Å². The van der Waals surface area contributed by atoms with Gasteiger partial charge in [-0.25, -0.2) is 0 Å². The van der Waals surface area contributed by atoms with E-state index in [2.05, 4.69) is 34.9 Å². The summed E-state index contributed by atoms with van der Waals surface area (Å²) in [4.78, 5) is 12.7. The minimum Gasteiger partial charge on any atom is -0.496 e. The third-order valence-corrected chi connectivity index (χ3v) is 5.11. The maximum atomic E-state index is 12.7. The van der Waals surface area contributed by atoms with Crippen LogP contribution in [0.3, 0.4) is 0 Å². The molecule has 0 unspecified atom stereocenters. The molecule has 156 valence electrons. The standard InChI is InChI=1S/C26H30N2O2/c1-30-25-17-8-6-15-23(25)20-27-19-22-14-5-7-16-24(22)26(29)28-18-10-9-13-21-11-3-2-4-12-21/h2-8,11-12,14-17,27H,9-10,13,18-20H2,1H3,(H,28,29). The summed E-state index contributed by atoms with van der Waals surface area (Å²) in [7, 11) is 1.68. The van der Waals surface area contributed by atoms with Crippen LogP contribution in [0.2, 0.25) is 0 Å². The number of rotatable bonds is 11. The predicted octanol–water partition coefficient (Wildman–Crippen LogP) is 4.74. The number of carbonyl (C=O) groups is 1. The SMILES string of the molecule is COc1ccccc1CNCc1ccccc1C(=O)NCCCCc1ccccc1. The first-order chi connectivity index (χ1) is 14.8. The summed E-state index contributed by atoms with van der Waals surface area (Å²) >= 11 is 0. The maximum absolute atomic E-state index is 12.7. The number of carbonyl (C=O) groups excluding carboxylic acids is 1. The molecule has 3 aromatic carbocycles. The molecule has 3 aromatic rings. The van der Waals surface area contributed by atoms with Gasteiger partial charge in [0, 0.05) is 30.8 Å². The first kappa shape index (κ1) is 21.6. The highest BCUT2D eigenvalue weighted by Gasteiger charge is 2.10. The lowest BCUT2D eigenvalue weighted by Crippen LogP contribution is -2.26. The average molecular weight is 403 g/mol. The second kappa shape index (κ2) is 11.8. The number of amides is 1. The van der Waals surface area contributed by atoms with E-state index in [1.54, 1.807) is 7.11 Å². The lowest BCUT2D eigenvalue weighted by Gasteiger charge is -2.12. The number of unbranched alkanes of at least 4 members (excludes halogenated alkanes) is 1. The predicted molar refractivity (Wildman–Crippen MR) is 122 cm³/mol. The zero-order valence-corrected chi connectivity index (χ0v) is 17.6. The number of benzene rings is 3. The van der Waals surface area contributed by atoms with Gasteiger partial charge in [-0.3, -0.25) is 4.79 Å². The zero-order chi connectivity index (χ0) is 21.0. The Morgan fingerprint density at radius 3 is 2.27 bits per heavy atom. The van der Waals surface area contributed by atoms with E-state index < -0.39 is 0 Å². The quantitative estimate of drug-likeness (QED) is 0.456. The van der Waals surface area contributed by atoms with Crippen LogP contribution in [-0.4, -0.2) is 19.6 Å². The Balaban J connectivity index is 1.46. The Labute approximate surface area is 179 Å². The molecule has 4 heteroatoms. The molecule has 3 rings (SSSR count). The Hall–Kier alpha value is -3.11. The molecule has 30 heavy (non-hydrogen) atoms. The van der Waals surface area contributed by atoms with Crippen molar-refractivity contribution in [2.45, 2.75) is 32.4 Å².